The van der Waals surface area contributed by atoms with Crippen LogP contribution in [0.15, 0.2) is 42.5 Å². The molecular weight excluding hydrogens is 286 g/mol. The first-order chi connectivity index (χ1) is 9.88. The number of hydrogen-bond donors (Lipinski definition) is 1. The van der Waals surface area contributed by atoms with Crippen LogP contribution < -0.4 is 5.32 Å². The summed E-state index contributed by atoms with van der Waals surface area (Å²) in [6.07, 6.45) is -4.80. The molecule has 0 bridgehead atoms. The monoisotopic (exact) mass is 296 g/mol. The second kappa shape index (κ2) is 5.95. The van der Waals surface area contributed by atoms with Gasteiger partial charge < -0.3 is 5.32 Å². The highest BCUT2D eigenvalue weighted by molar-refractivity contribution is 5.95. The molecule has 2 aromatic carbocycles. The zero-order chi connectivity index (χ0) is 15.5. The van der Waals surface area contributed by atoms with Crippen molar-refractivity contribution in [2.75, 3.05) is 0 Å². The van der Waals surface area contributed by atoms with E-state index >= 15 is 0 Å². The zero-order valence-corrected chi connectivity index (χ0v) is 10.7. The minimum absolute atomic E-state index is 0.0716. The first-order valence-corrected chi connectivity index (χ1v) is 5.98. The van der Waals surface area contributed by atoms with Crippen LogP contribution in [0.5, 0.6) is 0 Å². The number of carbonyl (C=O) groups is 1. The minimum Gasteiger partial charge on any atom is -0.348 e. The van der Waals surface area contributed by atoms with Gasteiger partial charge in [-0.2, -0.15) is 13.2 Å². The number of nitrogens with one attached hydrogen (secondary N) is 1. The molecule has 2 nitrogen and oxygen atoms in total. The van der Waals surface area contributed by atoms with Crippen LogP contribution in [-0.2, 0) is 12.7 Å². The fraction of sp³-hybridized carbons (Fsp3) is 0.133. The largest absolute Gasteiger partial charge is 0.417 e. The lowest BCUT2D eigenvalue weighted by molar-refractivity contribution is -0.138. The lowest BCUT2D eigenvalue weighted by Crippen LogP contribution is -2.26. The number of amides is 1. The molecule has 0 aliphatic heterocycles. The van der Waals surface area contributed by atoms with Gasteiger partial charge in [-0.25, -0.2) is 4.39 Å². The first-order valence-electron chi connectivity index (χ1n) is 5.98. The van der Waals surface area contributed by atoms with Crippen LogP contribution in [0.3, 0.4) is 0 Å². The highest BCUT2D eigenvalue weighted by Gasteiger charge is 2.35. The molecule has 0 saturated heterocycles. The van der Waals surface area contributed by atoms with Crippen molar-refractivity contribution < 1.29 is 22.4 Å². The Hall–Kier alpha value is -2.37. The topological polar surface area (TPSA) is 29.1 Å². The predicted octanol–water partition coefficient (Wildman–Crippen LogP) is 3.57. The summed E-state index contributed by atoms with van der Waals surface area (Å²) >= 11 is 0. The van der Waals surface area contributed by atoms with E-state index in [2.05, 4.69) is 11.4 Å². The van der Waals surface area contributed by atoms with Gasteiger partial charge in [0, 0.05) is 6.54 Å². The summed E-state index contributed by atoms with van der Waals surface area (Å²) in [6.45, 7) is 0.0716. The van der Waals surface area contributed by atoms with E-state index in [4.69, 9.17) is 0 Å². The molecule has 1 N–H and O–H groups in total. The Kier molecular flexibility index (Phi) is 4.26. The third-order valence-corrected chi connectivity index (χ3v) is 2.77. The fourth-order valence-electron chi connectivity index (χ4n) is 1.77. The van der Waals surface area contributed by atoms with Gasteiger partial charge in [-0.1, -0.05) is 24.3 Å². The molecule has 21 heavy (non-hydrogen) atoms. The summed E-state index contributed by atoms with van der Waals surface area (Å²) in [4.78, 5) is 11.9. The van der Waals surface area contributed by atoms with Gasteiger partial charge in [-0.05, 0) is 29.8 Å². The van der Waals surface area contributed by atoms with Gasteiger partial charge in [-0.15, -0.1) is 0 Å². The summed E-state index contributed by atoms with van der Waals surface area (Å²) in [7, 11) is 0. The molecule has 0 saturated carbocycles. The normalized spacial score (nSPS) is 11.2. The summed E-state index contributed by atoms with van der Waals surface area (Å²) in [6, 6.07) is 11.3. The van der Waals surface area contributed by atoms with Crippen molar-refractivity contribution in [1.29, 1.82) is 0 Å². The van der Waals surface area contributed by atoms with Gasteiger partial charge in [0.05, 0.1) is 11.1 Å². The molecule has 0 spiro atoms. The van der Waals surface area contributed by atoms with Crippen molar-refractivity contribution in [1.82, 2.24) is 5.32 Å². The third kappa shape index (κ3) is 3.81. The molecule has 0 unspecified atom stereocenters. The Labute approximate surface area is 118 Å². The molecule has 0 aliphatic carbocycles. The standard InChI is InChI=1S/C15H10F4NO/c16-11-6-7-12(13(8-11)15(17,18)19)14(21)20-9-10-4-2-1-3-5-10/h2-8H,9H2,(H,20,21). The second-order valence-electron chi connectivity index (χ2n) is 4.28. The van der Waals surface area contributed by atoms with E-state index in [-0.39, 0.29) is 6.54 Å². The first kappa shape index (κ1) is 15.0. The van der Waals surface area contributed by atoms with E-state index in [1.807, 2.05) is 0 Å². The average Bonchev–Trinajstić information content (AvgIpc) is 2.45. The van der Waals surface area contributed by atoms with Crippen LogP contribution >= 0.6 is 0 Å². The number of alkyl halides is 3. The van der Waals surface area contributed by atoms with E-state index in [9.17, 15) is 22.4 Å². The minimum atomic E-state index is -4.80. The SMILES string of the molecule is O=C(NCc1cc[c]cc1)c1ccc(F)cc1C(F)(F)F. The van der Waals surface area contributed by atoms with Crippen molar-refractivity contribution in [3.8, 4) is 0 Å². The van der Waals surface area contributed by atoms with Crippen molar-refractivity contribution in [2.45, 2.75) is 12.7 Å². The maximum Gasteiger partial charge on any atom is 0.417 e. The molecule has 0 atom stereocenters. The van der Waals surface area contributed by atoms with E-state index in [0.717, 1.165) is 17.7 Å². The number of halogens is 4. The maximum atomic E-state index is 13.0. The van der Waals surface area contributed by atoms with Crippen LogP contribution in [0.1, 0.15) is 21.5 Å². The average molecular weight is 296 g/mol. The smallest absolute Gasteiger partial charge is 0.348 e. The summed E-state index contributed by atoms with van der Waals surface area (Å²) < 4.78 is 51.4. The van der Waals surface area contributed by atoms with Gasteiger partial charge in [0.1, 0.15) is 5.82 Å². The van der Waals surface area contributed by atoms with Crippen LogP contribution in [0.25, 0.3) is 0 Å². The summed E-state index contributed by atoms with van der Waals surface area (Å²) in [5, 5.41) is 2.37. The summed E-state index contributed by atoms with van der Waals surface area (Å²) in [5.74, 6) is -1.95. The van der Waals surface area contributed by atoms with E-state index in [1.54, 1.807) is 24.3 Å². The van der Waals surface area contributed by atoms with E-state index < -0.39 is 29.0 Å². The van der Waals surface area contributed by atoms with Crippen LogP contribution in [0.4, 0.5) is 17.6 Å². The van der Waals surface area contributed by atoms with Gasteiger partial charge in [0.15, 0.2) is 0 Å². The number of rotatable bonds is 3. The molecule has 109 valence electrons. The third-order valence-electron chi connectivity index (χ3n) is 2.77. The molecule has 0 aromatic heterocycles. The maximum absolute atomic E-state index is 13.0. The molecule has 0 fully saturated rings. The Balaban J connectivity index is 2.20. The fourth-order valence-corrected chi connectivity index (χ4v) is 1.77. The molecule has 1 amide bonds. The second-order valence-corrected chi connectivity index (χ2v) is 4.28. The predicted molar refractivity (Wildman–Crippen MR) is 67.9 cm³/mol. The van der Waals surface area contributed by atoms with Gasteiger partial charge in [0.25, 0.3) is 5.91 Å². The van der Waals surface area contributed by atoms with Crippen molar-refractivity contribution in [3.05, 3.63) is 71.0 Å². The van der Waals surface area contributed by atoms with Crippen molar-refractivity contribution >= 4 is 5.91 Å². The Morgan fingerprint density at radius 3 is 2.43 bits per heavy atom. The highest BCUT2D eigenvalue weighted by atomic mass is 19.4. The Morgan fingerprint density at radius 2 is 1.81 bits per heavy atom. The van der Waals surface area contributed by atoms with Crippen LogP contribution in [0, 0.1) is 11.9 Å². The highest BCUT2D eigenvalue weighted by Crippen LogP contribution is 2.32. The molecule has 2 aromatic rings. The van der Waals surface area contributed by atoms with Gasteiger partial charge in [0.2, 0.25) is 0 Å². The zero-order valence-electron chi connectivity index (χ0n) is 10.7. The van der Waals surface area contributed by atoms with E-state index in [1.165, 1.54) is 0 Å². The van der Waals surface area contributed by atoms with Crippen LogP contribution in [0.2, 0.25) is 0 Å². The molecule has 2 rings (SSSR count). The van der Waals surface area contributed by atoms with E-state index in [0.29, 0.717) is 6.07 Å². The Bertz CT molecular complexity index is 638. The van der Waals surface area contributed by atoms with Gasteiger partial charge >= 0.3 is 6.18 Å². The summed E-state index contributed by atoms with van der Waals surface area (Å²) in [5.41, 5.74) is -1.18. The number of benzene rings is 2. The van der Waals surface area contributed by atoms with Crippen molar-refractivity contribution in [2.24, 2.45) is 0 Å². The molecule has 0 aliphatic rings. The molecule has 0 heterocycles. The number of hydrogen-bond acceptors (Lipinski definition) is 1. The van der Waals surface area contributed by atoms with Crippen LogP contribution in [-0.4, -0.2) is 5.91 Å². The molecular formula is C15H10F4NO. The molecule has 6 heteroatoms. The Morgan fingerprint density at radius 1 is 1.14 bits per heavy atom. The quantitative estimate of drug-likeness (QED) is 0.862. The number of carbonyl (C=O) groups excluding carboxylic acids is 1. The lowest BCUT2D eigenvalue weighted by Gasteiger charge is -2.13. The lowest BCUT2D eigenvalue weighted by atomic mass is 10.1. The molecule has 1 radical (unpaired) electrons. The van der Waals surface area contributed by atoms with Gasteiger partial charge in [-0.3, -0.25) is 4.79 Å². The van der Waals surface area contributed by atoms with Crippen molar-refractivity contribution in [3.63, 3.8) is 0 Å².